The number of anilines is 1. The normalized spacial score (nSPS) is 15.1. The maximum atomic E-state index is 13.5. The molecule has 228 valence electrons. The minimum atomic E-state index is -4.70. The average molecular weight is 649 g/mol. The number of benzene rings is 2. The smallest absolute Gasteiger partial charge is 0.294 e. The van der Waals surface area contributed by atoms with E-state index < -0.39 is 64.4 Å². The van der Waals surface area contributed by atoms with Gasteiger partial charge in [-0.1, -0.05) is 18.2 Å². The van der Waals surface area contributed by atoms with E-state index in [-0.39, 0.29) is 33.6 Å². The largest absolute Gasteiger partial charge is 0.494 e. The Labute approximate surface area is 255 Å². The van der Waals surface area contributed by atoms with Crippen LogP contribution >= 0.6 is 0 Å². The molecule has 0 spiro atoms. The molecule has 2 heterocycles. The number of carbonyl (C=O) groups is 2. The minimum absolute atomic E-state index is 0.0232. The van der Waals surface area contributed by atoms with Gasteiger partial charge in [0.25, 0.3) is 37.6 Å². The number of carbonyl (C=O) groups excluding carboxylic acids is 2. The number of imide groups is 1. The molecule has 0 fully saturated rings. The Bertz CT molecular complexity index is 2290. The van der Waals surface area contributed by atoms with E-state index in [1.165, 1.54) is 56.3 Å². The quantitative estimate of drug-likeness (QED) is 0.199. The lowest BCUT2D eigenvalue weighted by Gasteiger charge is -2.27. The molecule has 0 bridgehead atoms. The van der Waals surface area contributed by atoms with E-state index in [1.807, 2.05) is 0 Å². The van der Waals surface area contributed by atoms with Gasteiger partial charge < -0.3 is 5.11 Å². The highest BCUT2D eigenvalue weighted by Crippen LogP contribution is 2.31. The molecule has 0 atom stereocenters. The maximum absolute atomic E-state index is 13.5. The van der Waals surface area contributed by atoms with Gasteiger partial charge in [0.05, 0.1) is 21.2 Å². The van der Waals surface area contributed by atoms with E-state index in [1.54, 1.807) is 12.1 Å². The van der Waals surface area contributed by atoms with Crippen molar-refractivity contribution in [2.45, 2.75) is 23.6 Å². The zero-order valence-electron chi connectivity index (χ0n) is 23.2. The maximum Gasteiger partial charge on any atom is 0.294 e. The van der Waals surface area contributed by atoms with Gasteiger partial charge in [0.1, 0.15) is 23.3 Å². The molecule has 0 aliphatic carbocycles. The van der Waals surface area contributed by atoms with Gasteiger partial charge in [0, 0.05) is 11.1 Å². The van der Waals surface area contributed by atoms with E-state index in [0.717, 1.165) is 24.3 Å². The monoisotopic (exact) mass is 648 g/mol. The molecule has 0 unspecified atom stereocenters. The number of rotatable bonds is 6. The molecule has 3 N–H and O–H groups in total. The van der Waals surface area contributed by atoms with Gasteiger partial charge in [-0.05, 0) is 73.5 Å². The highest BCUT2D eigenvalue weighted by molar-refractivity contribution is 7.86. The first-order valence-corrected chi connectivity index (χ1v) is 15.3. The Morgan fingerprint density at radius 2 is 1.38 bits per heavy atom. The van der Waals surface area contributed by atoms with Crippen molar-refractivity contribution in [3.8, 4) is 23.7 Å². The predicted octanol–water partition coefficient (Wildman–Crippen LogP) is 2.57. The van der Waals surface area contributed by atoms with E-state index in [2.05, 4.69) is 0 Å². The lowest BCUT2D eigenvalue weighted by Crippen LogP contribution is -2.43. The third-order valence-electron chi connectivity index (χ3n) is 6.77. The third-order valence-corrected chi connectivity index (χ3v) is 8.47. The van der Waals surface area contributed by atoms with Crippen LogP contribution in [0.3, 0.4) is 0 Å². The molecule has 1 aromatic heterocycles. The van der Waals surface area contributed by atoms with Crippen molar-refractivity contribution < 1.29 is 40.6 Å². The summed E-state index contributed by atoms with van der Waals surface area (Å²) in [6.45, 7) is 2.69. The van der Waals surface area contributed by atoms with Gasteiger partial charge in [0.15, 0.2) is 0 Å². The topological polar surface area (TPSA) is 236 Å². The Kier molecular flexibility index (Phi) is 8.46. The predicted molar refractivity (Wildman–Crippen MR) is 157 cm³/mol. The molecule has 45 heavy (non-hydrogen) atoms. The second-order valence-corrected chi connectivity index (χ2v) is 12.3. The lowest BCUT2D eigenvalue weighted by molar-refractivity contribution is -0.123. The van der Waals surface area contributed by atoms with Gasteiger partial charge in [-0.25, -0.2) is 9.47 Å². The summed E-state index contributed by atoms with van der Waals surface area (Å²) in [4.78, 5) is 39.0. The van der Waals surface area contributed by atoms with Crippen molar-refractivity contribution in [1.82, 2.24) is 4.57 Å². The zero-order chi connectivity index (χ0) is 33.4. The Hall–Kier alpha value is -5.65. The minimum Gasteiger partial charge on any atom is -0.494 e. The number of amides is 2. The molecule has 16 heteroatoms. The number of allylic oxidation sites excluding steroid dienone is 2. The fraction of sp³-hybridized carbons (Fsp3) is 0.0690. The van der Waals surface area contributed by atoms with E-state index in [4.69, 9.17) is 0 Å². The van der Waals surface area contributed by atoms with Crippen molar-refractivity contribution in [3.05, 3.63) is 104 Å². The molecule has 14 nitrogen and oxygen atoms in total. The average Bonchev–Trinajstić information content (AvgIpc) is 2.96. The van der Waals surface area contributed by atoms with Gasteiger partial charge >= 0.3 is 0 Å². The first kappa shape index (κ1) is 32.3. The van der Waals surface area contributed by atoms with Gasteiger partial charge in [-0.3, -0.25) is 23.5 Å². The first-order chi connectivity index (χ1) is 21.0. The van der Waals surface area contributed by atoms with Crippen LogP contribution in [0.5, 0.6) is 5.88 Å². The first-order valence-electron chi connectivity index (χ1n) is 12.5. The highest BCUT2D eigenvalue weighted by Gasteiger charge is 2.36. The third kappa shape index (κ3) is 5.94. The molecule has 1 aliphatic heterocycles. The SMILES string of the molecule is CC1=C(C#N)C(=O)N(c2cccc(S(=O)(=O)O)c2)C(=O)/C1=C\C=C\c1c(C)c(C#N)c(=O)n(-c2cccc(S(=O)(=O)O)c2)c1O. The van der Waals surface area contributed by atoms with Gasteiger partial charge in [-0.2, -0.15) is 27.4 Å². The zero-order valence-corrected chi connectivity index (χ0v) is 24.8. The second-order valence-electron chi connectivity index (χ2n) is 9.43. The molecule has 0 radical (unpaired) electrons. The highest BCUT2D eigenvalue weighted by atomic mass is 32.2. The van der Waals surface area contributed by atoms with Crippen LogP contribution in [0.25, 0.3) is 11.8 Å². The van der Waals surface area contributed by atoms with E-state index >= 15 is 0 Å². The van der Waals surface area contributed by atoms with Crippen molar-refractivity contribution in [2.75, 3.05) is 4.90 Å². The number of nitriles is 2. The Morgan fingerprint density at radius 3 is 1.91 bits per heavy atom. The van der Waals surface area contributed by atoms with Crippen LogP contribution < -0.4 is 10.5 Å². The van der Waals surface area contributed by atoms with Crippen LogP contribution in [0.2, 0.25) is 0 Å². The number of hydrogen-bond acceptors (Lipinski definition) is 10. The number of aromatic hydroxyl groups is 1. The Balaban J connectivity index is 1.88. The molecular formula is C29H20N4O10S2. The van der Waals surface area contributed by atoms with Crippen molar-refractivity contribution >= 4 is 43.8 Å². The summed E-state index contributed by atoms with van der Waals surface area (Å²) in [6, 6.07) is 12.2. The summed E-state index contributed by atoms with van der Waals surface area (Å²) in [6.07, 6.45) is 3.62. The van der Waals surface area contributed by atoms with Crippen LogP contribution in [-0.2, 0) is 29.8 Å². The van der Waals surface area contributed by atoms with Gasteiger partial charge in [-0.15, -0.1) is 0 Å². The van der Waals surface area contributed by atoms with Crippen molar-refractivity contribution in [1.29, 1.82) is 10.5 Å². The van der Waals surface area contributed by atoms with E-state index in [0.29, 0.717) is 9.47 Å². The molecule has 1 aliphatic rings. The fourth-order valence-electron chi connectivity index (χ4n) is 4.51. The molecule has 0 saturated heterocycles. The van der Waals surface area contributed by atoms with Crippen molar-refractivity contribution in [2.24, 2.45) is 0 Å². The van der Waals surface area contributed by atoms with Crippen molar-refractivity contribution in [3.63, 3.8) is 0 Å². The summed E-state index contributed by atoms with van der Waals surface area (Å²) < 4.78 is 66.0. The molecule has 2 aromatic carbocycles. The second kappa shape index (κ2) is 11.8. The van der Waals surface area contributed by atoms with Gasteiger partial charge in [0.2, 0.25) is 5.88 Å². The molecule has 0 saturated carbocycles. The lowest BCUT2D eigenvalue weighted by atomic mass is 9.94. The van der Waals surface area contributed by atoms with Crippen LogP contribution in [0.1, 0.15) is 23.6 Å². The molecule has 3 aromatic rings. The molecular weight excluding hydrogens is 628 g/mol. The summed E-state index contributed by atoms with van der Waals surface area (Å²) >= 11 is 0. The number of hydrogen-bond donors (Lipinski definition) is 3. The van der Waals surface area contributed by atoms with Crippen LogP contribution in [-0.4, -0.2) is 47.4 Å². The molecule has 4 rings (SSSR count). The molecule has 2 amide bonds. The standard InChI is InChI=1S/C29H20N4O10S2/c1-16-22(26(34)32(28(36)24(16)14-30)18-6-3-8-20(12-18)44(38,39)40)10-5-11-23-17(2)25(15-31)29(37)33(27(23)35)19-7-4-9-21(13-19)45(41,42)43/h3-13,34H,1-2H3,(H,38,39,40)(H,41,42,43)/b10-5+,23-11-. The number of pyridine rings is 1. The number of nitrogens with zero attached hydrogens (tertiary/aromatic N) is 4. The summed E-state index contributed by atoms with van der Waals surface area (Å²) in [5.74, 6) is -2.73. The summed E-state index contributed by atoms with van der Waals surface area (Å²) in [5, 5.41) is 30.4. The fourth-order valence-corrected chi connectivity index (χ4v) is 5.55. The van der Waals surface area contributed by atoms with E-state index in [9.17, 15) is 56.0 Å². The Morgan fingerprint density at radius 1 is 0.822 bits per heavy atom. The van der Waals surface area contributed by atoms with Crippen LogP contribution in [0, 0.1) is 29.6 Å². The summed E-state index contributed by atoms with van der Waals surface area (Å²) in [5.41, 5.74) is -2.57. The summed E-state index contributed by atoms with van der Waals surface area (Å²) in [7, 11) is -9.39. The van der Waals surface area contributed by atoms with Crippen LogP contribution in [0.15, 0.2) is 92.0 Å². The number of aromatic nitrogens is 1. The van der Waals surface area contributed by atoms with Crippen LogP contribution in [0.4, 0.5) is 5.69 Å².